The molecule has 88 valence electrons. The number of hydrogen-bond donors (Lipinski definition) is 0. The number of aryl methyl sites for hydroxylation is 1. The molecule has 0 radical (unpaired) electrons. The minimum Gasteiger partial charge on any atom is -0.343 e. The number of nitrogens with zero attached hydrogens (tertiary/aromatic N) is 2. The quantitative estimate of drug-likeness (QED) is 0.764. The van der Waals surface area contributed by atoms with E-state index in [4.69, 9.17) is 11.6 Å². The number of rotatable bonds is 3. The molecule has 0 spiro atoms. The van der Waals surface area contributed by atoms with Crippen molar-refractivity contribution in [2.75, 3.05) is 11.9 Å². The lowest BCUT2D eigenvalue weighted by molar-refractivity contribution is 1.14. The van der Waals surface area contributed by atoms with Crippen LogP contribution in [0.15, 0.2) is 42.7 Å². The number of benzene rings is 1. The van der Waals surface area contributed by atoms with E-state index in [-0.39, 0.29) is 0 Å². The van der Waals surface area contributed by atoms with E-state index in [1.165, 1.54) is 5.56 Å². The van der Waals surface area contributed by atoms with Crippen LogP contribution in [-0.2, 0) is 5.88 Å². The molecule has 0 unspecified atom stereocenters. The van der Waals surface area contributed by atoms with E-state index in [1.807, 2.05) is 19.3 Å². The second-order valence-electron chi connectivity index (χ2n) is 4.04. The zero-order chi connectivity index (χ0) is 12.3. The van der Waals surface area contributed by atoms with Gasteiger partial charge in [-0.1, -0.05) is 12.1 Å². The molecule has 0 amide bonds. The van der Waals surface area contributed by atoms with Gasteiger partial charge in [-0.05, 0) is 36.2 Å². The van der Waals surface area contributed by atoms with Crippen LogP contribution in [0.3, 0.4) is 0 Å². The second-order valence-corrected chi connectivity index (χ2v) is 4.30. The number of halogens is 1. The van der Waals surface area contributed by atoms with E-state index in [1.54, 1.807) is 6.20 Å². The lowest BCUT2D eigenvalue weighted by atomic mass is 10.2. The van der Waals surface area contributed by atoms with Crippen molar-refractivity contribution in [3.63, 3.8) is 0 Å². The number of pyridine rings is 1. The Kier molecular flexibility index (Phi) is 3.64. The molecule has 0 N–H and O–H groups in total. The van der Waals surface area contributed by atoms with Crippen LogP contribution < -0.4 is 4.90 Å². The van der Waals surface area contributed by atoms with Crippen LogP contribution in [0.2, 0.25) is 0 Å². The van der Waals surface area contributed by atoms with E-state index < -0.39 is 0 Å². The molecule has 3 heteroatoms. The van der Waals surface area contributed by atoms with Crippen molar-refractivity contribution in [3.8, 4) is 0 Å². The van der Waals surface area contributed by atoms with E-state index in [9.17, 15) is 0 Å². The molecule has 0 aliphatic heterocycles. The molecule has 1 aromatic carbocycles. The highest BCUT2D eigenvalue weighted by Gasteiger charge is 2.08. The normalized spacial score (nSPS) is 10.3. The molecule has 1 heterocycles. The molecule has 0 aliphatic rings. The first-order chi connectivity index (χ1) is 8.22. The van der Waals surface area contributed by atoms with Crippen LogP contribution in [0.1, 0.15) is 11.1 Å². The van der Waals surface area contributed by atoms with Crippen molar-refractivity contribution >= 4 is 23.0 Å². The summed E-state index contributed by atoms with van der Waals surface area (Å²) >= 11 is 5.94. The van der Waals surface area contributed by atoms with Gasteiger partial charge in [-0.15, -0.1) is 11.6 Å². The smallest absolute Gasteiger partial charge is 0.0639 e. The van der Waals surface area contributed by atoms with Crippen LogP contribution in [0, 0.1) is 6.92 Å². The Labute approximate surface area is 107 Å². The molecular weight excluding hydrogens is 232 g/mol. The average Bonchev–Trinajstić information content (AvgIpc) is 2.38. The highest BCUT2D eigenvalue weighted by Crippen LogP contribution is 2.27. The first-order valence-electron chi connectivity index (χ1n) is 5.51. The summed E-state index contributed by atoms with van der Waals surface area (Å²) in [5.74, 6) is 0.494. The van der Waals surface area contributed by atoms with Crippen molar-refractivity contribution in [2.45, 2.75) is 12.8 Å². The van der Waals surface area contributed by atoms with Gasteiger partial charge in [0.2, 0.25) is 0 Å². The molecule has 0 saturated carbocycles. The molecule has 1 aromatic heterocycles. The third-order valence-electron chi connectivity index (χ3n) is 2.78. The Hall–Kier alpha value is -1.54. The first-order valence-corrected chi connectivity index (χ1v) is 6.05. The fraction of sp³-hybridized carbons (Fsp3) is 0.214. The van der Waals surface area contributed by atoms with Crippen molar-refractivity contribution in [3.05, 3.63) is 53.9 Å². The molecule has 0 bridgehead atoms. The Morgan fingerprint density at radius 2 is 2.12 bits per heavy atom. The molecule has 2 rings (SSSR count). The summed E-state index contributed by atoms with van der Waals surface area (Å²) < 4.78 is 0. The minimum absolute atomic E-state index is 0.494. The topological polar surface area (TPSA) is 16.1 Å². The predicted molar refractivity (Wildman–Crippen MR) is 73.0 cm³/mol. The van der Waals surface area contributed by atoms with Gasteiger partial charge in [0.1, 0.15) is 0 Å². The van der Waals surface area contributed by atoms with Gasteiger partial charge in [-0.2, -0.15) is 0 Å². The molecular formula is C14H15ClN2. The first kappa shape index (κ1) is 11.9. The maximum Gasteiger partial charge on any atom is 0.0639 e. The van der Waals surface area contributed by atoms with Crippen LogP contribution in [0.25, 0.3) is 0 Å². The fourth-order valence-corrected chi connectivity index (χ4v) is 2.03. The van der Waals surface area contributed by atoms with Gasteiger partial charge in [0.25, 0.3) is 0 Å². The monoisotopic (exact) mass is 246 g/mol. The van der Waals surface area contributed by atoms with Gasteiger partial charge in [0, 0.05) is 24.8 Å². The van der Waals surface area contributed by atoms with Crippen LogP contribution in [0.4, 0.5) is 11.4 Å². The SMILES string of the molecule is Cc1cccc(N(C)c2cnccc2CCl)c1. The Balaban J connectivity index is 2.40. The van der Waals surface area contributed by atoms with Crippen molar-refractivity contribution in [1.82, 2.24) is 4.98 Å². The summed E-state index contributed by atoms with van der Waals surface area (Å²) in [7, 11) is 2.03. The van der Waals surface area contributed by atoms with E-state index in [2.05, 4.69) is 41.1 Å². The van der Waals surface area contributed by atoms with Gasteiger partial charge in [-0.3, -0.25) is 4.98 Å². The maximum atomic E-state index is 5.94. The molecule has 2 nitrogen and oxygen atoms in total. The second kappa shape index (κ2) is 5.19. The van der Waals surface area contributed by atoms with E-state index in [0.29, 0.717) is 5.88 Å². The zero-order valence-corrected chi connectivity index (χ0v) is 10.8. The Morgan fingerprint density at radius 3 is 2.82 bits per heavy atom. The maximum absolute atomic E-state index is 5.94. The van der Waals surface area contributed by atoms with Crippen molar-refractivity contribution < 1.29 is 0 Å². The Bertz CT molecular complexity index is 511. The van der Waals surface area contributed by atoms with Crippen LogP contribution >= 0.6 is 11.6 Å². The summed E-state index contributed by atoms with van der Waals surface area (Å²) in [5, 5.41) is 0. The summed E-state index contributed by atoms with van der Waals surface area (Å²) in [6.45, 7) is 2.09. The zero-order valence-electron chi connectivity index (χ0n) is 10.0. The van der Waals surface area contributed by atoms with Crippen molar-refractivity contribution in [2.24, 2.45) is 0 Å². The number of anilines is 2. The van der Waals surface area contributed by atoms with Gasteiger partial charge >= 0.3 is 0 Å². The van der Waals surface area contributed by atoms with Crippen molar-refractivity contribution in [1.29, 1.82) is 0 Å². The largest absolute Gasteiger partial charge is 0.343 e. The average molecular weight is 247 g/mol. The number of hydrogen-bond acceptors (Lipinski definition) is 2. The molecule has 0 aliphatic carbocycles. The summed E-state index contributed by atoms with van der Waals surface area (Å²) in [6.07, 6.45) is 3.62. The highest BCUT2D eigenvalue weighted by atomic mass is 35.5. The third-order valence-corrected chi connectivity index (χ3v) is 3.07. The summed E-state index contributed by atoms with van der Waals surface area (Å²) in [5.41, 5.74) is 4.52. The highest BCUT2D eigenvalue weighted by molar-refractivity contribution is 6.17. The Morgan fingerprint density at radius 1 is 1.29 bits per heavy atom. The van der Waals surface area contributed by atoms with E-state index >= 15 is 0 Å². The number of aromatic nitrogens is 1. The van der Waals surface area contributed by atoms with Gasteiger partial charge < -0.3 is 4.90 Å². The van der Waals surface area contributed by atoms with Crippen LogP contribution in [0.5, 0.6) is 0 Å². The molecule has 17 heavy (non-hydrogen) atoms. The molecule has 2 aromatic rings. The fourth-order valence-electron chi connectivity index (χ4n) is 1.81. The predicted octanol–water partition coefficient (Wildman–Crippen LogP) is 3.90. The summed E-state index contributed by atoms with van der Waals surface area (Å²) in [4.78, 5) is 6.27. The minimum atomic E-state index is 0.494. The standard InChI is InChI=1S/C14H15ClN2/c1-11-4-3-5-13(8-11)17(2)14-10-16-7-6-12(14)9-15/h3-8,10H,9H2,1-2H3. The van der Waals surface area contributed by atoms with Gasteiger partial charge in [0.05, 0.1) is 11.9 Å². The lowest BCUT2D eigenvalue weighted by Crippen LogP contribution is -2.11. The molecule has 0 fully saturated rings. The van der Waals surface area contributed by atoms with Gasteiger partial charge in [-0.25, -0.2) is 0 Å². The summed E-state index contributed by atoms with van der Waals surface area (Å²) in [6, 6.07) is 10.3. The third kappa shape index (κ3) is 2.59. The number of alkyl halides is 1. The van der Waals surface area contributed by atoms with Gasteiger partial charge in [0.15, 0.2) is 0 Å². The van der Waals surface area contributed by atoms with E-state index in [0.717, 1.165) is 16.9 Å². The van der Waals surface area contributed by atoms with Crippen LogP contribution in [-0.4, -0.2) is 12.0 Å². The molecule has 0 atom stereocenters. The molecule has 0 saturated heterocycles. The lowest BCUT2D eigenvalue weighted by Gasteiger charge is -2.21.